The molecule has 26 heavy (non-hydrogen) atoms. The molecule has 0 bridgehead atoms. The Morgan fingerprint density at radius 3 is 2.81 bits per heavy atom. The Kier molecular flexibility index (Phi) is 7.15. The average molecular weight is 362 g/mol. The molecule has 0 aliphatic carbocycles. The summed E-state index contributed by atoms with van der Waals surface area (Å²) in [5.74, 6) is 0.116. The third-order valence-corrected chi connectivity index (χ3v) is 4.20. The summed E-state index contributed by atoms with van der Waals surface area (Å²) in [5, 5.41) is 2.77. The van der Waals surface area contributed by atoms with Crippen LogP contribution in [-0.2, 0) is 14.3 Å². The number of hydrogen-bond acceptors (Lipinski definition) is 5. The van der Waals surface area contributed by atoms with Crippen LogP contribution in [0.3, 0.4) is 0 Å². The van der Waals surface area contributed by atoms with Crippen molar-refractivity contribution in [2.24, 2.45) is 0 Å². The van der Waals surface area contributed by atoms with Gasteiger partial charge in [-0.15, -0.1) is 0 Å². The van der Waals surface area contributed by atoms with E-state index in [0.717, 1.165) is 6.42 Å². The van der Waals surface area contributed by atoms with Gasteiger partial charge in [0, 0.05) is 45.2 Å². The van der Waals surface area contributed by atoms with Crippen molar-refractivity contribution >= 4 is 23.3 Å². The van der Waals surface area contributed by atoms with E-state index >= 15 is 0 Å². The van der Waals surface area contributed by atoms with Crippen LogP contribution in [0.25, 0.3) is 0 Å². The number of carbonyl (C=O) groups excluding carboxylic acids is 3. The molecule has 1 atom stereocenters. The first-order valence-corrected chi connectivity index (χ1v) is 8.90. The van der Waals surface area contributed by atoms with E-state index < -0.39 is 6.10 Å². The lowest BCUT2D eigenvalue weighted by atomic mass is 10.0. The molecule has 1 aliphatic heterocycles. The van der Waals surface area contributed by atoms with Crippen LogP contribution in [-0.4, -0.2) is 50.5 Å². The molecule has 1 unspecified atom stereocenters. The summed E-state index contributed by atoms with van der Waals surface area (Å²) >= 11 is 0. The minimum atomic E-state index is -0.541. The van der Waals surface area contributed by atoms with E-state index in [4.69, 9.17) is 9.47 Å². The van der Waals surface area contributed by atoms with Crippen molar-refractivity contribution in [2.45, 2.75) is 39.2 Å². The van der Waals surface area contributed by atoms with Gasteiger partial charge in [0.05, 0.1) is 5.69 Å². The number of Topliss-reactive ketones (excluding diaryl/α,β-unsaturated/α-hetero) is 1. The van der Waals surface area contributed by atoms with Crippen LogP contribution < -0.4 is 15.0 Å². The molecule has 7 nitrogen and oxygen atoms in total. The highest BCUT2D eigenvalue weighted by molar-refractivity contribution is 6.03. The molecule has 1 heterocycles. The molecule has 0 saturated carbocycles. The van der Waals surface area contributed by atoms with Crippen molar-refractivity contribution in [3.05, 3.63) is 23.8 Å². The molecule has 0 spiro atoms. The van der Waals surface area contributed by atoms with Gasteiger partial charge < -0.3 is 19.7 Å². The lowest BCUT2D eigenvalue weighted by Gasteiger charge is -2.30. The van der Waals surface area contributed by atoms with E-state index in [1.165, 1.54) is 4.90 Å². The quantitative estimate of drug-likeness (QED) is 0.536. The molecular formula is C19H26N2O5. The molecule has 2 amide bonds. The first kappa shape index (κ1) is 19.9. The third-order valence-electron chi connectivity index (χ3n) is 4.20. The fourth-order valence-electron chi connectivity index (χ4n) is 2.69. The molecule has 0 fully saturated rings. The number of anilines is 1. The largest absolute Gasteiger partial charge is 0.479 e. The summed E-state index contributed by atoms with van der Waals surface area (Å²) in [6.07, 6.45) is 0.454. The van der Waals surface area contributed by atoms with Crippen LogP contribution in [0.2, 0.25) is 0 Å². The second-order valence-corrected chi connectivity index (χ2v) is 6.16. The van der Waals surface area contributed by atoms with Gasteiger partial charge in [-0.2, -0.15) is 0 Å². The third kappa shape index (κ3) is 5.05. The van der Waals surface area contributed by atoms with Crippen LogP contribution in [0.4, 0.5) is 5.69 Å². The van der Waals surface area contributed by atoms with Gasteiger partial charge in [0.1, 0.15) is 5.75 Å². The zero-order valence-electron chi connectivity index (χ0n) is 15.5. The Hall–Kier alpha value is -2.41. The summed E-state index contributed by atoms with van der Waals surface area (Å²) < 4.78 is 10.7. The minimum Gasteiger partial charge on any atom is -0.479 e. The van der Waals surface area contributed by atoms with Crippen molar-refractivity contribution in [2.75, 3.05) is 31.7 Å². The summed E-state index contributed by atoms with van der Waals surface area (Å²) in [6.45, 7) is 5.42. The fraction of sp³-hybridized carbons (Fsp3) is 0.526. The molecule has 2 rings (SSSR count). The first-order valence-electron chi connectivity index (χ1n) is 8.90. The number of rotatable bonds is 9. The van der Waals surface area contributed by atoms with Crippen molar-refractivity contribution in [3.8, 4) is 5.75 Å². The molecule has 0 saturated heterocycles. The Labute approximate surface area is 153 Å². The SMILES string of the molecule is CCOCCCNC(=O)CCC(=O)c1ccc2c(c1)N(C)C(=O)C(C)O2. The van der Waals surface area contributed by atoms with Gasteiger partial charge in [-0.1, -0.05) is 0 Å². The van der Waals surface area contributed by atoms with Gasteiger partial charge in [0.25, 0.3) is 5.91 Å². The van der Waals surface area contributed by atoms with Crippen molar-refractivity contribution in [3.63, 3.8) is 0 Å². The Morgan fingerprint density at radius 1 is 1.31 bits per heavy atom. The van der Waals surface area contributed by atoms with E-state index in [1.807, 2.05) is 6.92 Å². The van der Waals surface area contributed by atoms with E-state index in [2.05, 4.69) is 5.32 Å². The van der Waals surface area contributed by atoms with Crippen LogP contribution in [0.5, 0.6) is 5.75 Å². The first-order chi connectivity index (χ1) is 12.4. The standard InChI is InChI=1S/C19H26N2O5/c1-4-25-11-5-10-20-18(23)9-7-16(22)14-6-8-17-15(12-14)21(3)19(24)13(2)26-17/h6,8,12-13H,4-5,7,9-11H2,1-3H3,(H,20,23). The van der Waals surface area contributed by atoms with Gasteiger partial charge >= 0.3 is 0 Å². The summed E-state index contributed by atoms with van der Waals surface area (Å²) in [7, 11) is 1.66. The zero-order valence-corrected chi connectivity index (χ0v) is 15.5. The number of likely N-dealkylation sites (N-methyl/N-ethyl adjacent to an activating group) is 1. The number of benzene rings is 1. The van der Waals surface area contributed by atoms with Gasteiger partial charge in [0.15, 0.2) is 11.9 Å². The molecule has 142 valence electrons. The second kappa shape index (κ2) is 9.33. The number of nitrogens with one attached hydrogen (secondary N) is 1. The van der Waals surface area contributed by atoms with Crippen LogP contribution in [0.1, 0.15) is 43.5 Å². The van der Waals surface area contributed by atoms with Gasteiger partial charge in [-0.25, -0.2) is 0 Å². The van der Waals surface area contributed by atoms with Crippen molar-refractivity contribution in [1.29, 1.82) is 0 Å². The molecular weight excluding hydrogens is 336 g/mol. The summed E-state index contributed by atoms with van der Waals surface area (Å²) in [5.41, 5.74) is 1.03. The highest BCUT2D eigenvalue weighted by atomic mass is 16.5. The van der Waals surface area contributed by atoms with Gasteiger partial charge in [-0.3, -0.25) is 14.4 Å². The van der Waals surface area contributed by atoms with Gasteiger partial charge in [-0.05, 0) is 38.5 Å². The highest BCUT2D eigenvalue weighted by Gasteiger charge is 2.29. The molecule has 1 aromatic rings. The van der Waals surface area contributed by atoms with Gasteiger partial charge in [0.2, 0.25) is 5.91 Å². The number of ketones is 1. The summed E-state index contributed by atoms with van der Waals surface area (Å²) in [6, 6.07) is 4.99. The van der Waals surface area contributed by atoms with E-state index in [1.54, 1.807) is 32.2 Å². The van der Waals surface area contributed by atoms with E-state index in [-0.39, 0.29) is 30.4 Å². The molecule has 1 N–H and O–H groups in total. The second-order valence-electron chi connectivity index (χ2n) is 6.16. The fourth-order valence-corrected chi connectivity index (χ4v) is 2.69. The number of fused-ring (bicyclic) bond motifs is 1. The normalized spacial score (nSPS) is 16.0. The highest BCUT2D eigenvalue weighted by Crippen LogP contribution is 2.34. The number of nitrogens with zero attached hydrogens (tertiary/aromatic N) is 1. The lowest BCUT2D eigenvalue weighted by molar-refractivity contribution is -0.125. The number of ether oxygens (including phenoxy) is 2. The average Bonchev–Trinajstić information content (AvgIpc) is 2.64. The predicted octanol–water partition coefficient (Wildman–Crippen LogP) is 1.94. The Balaban J connectivity index is 1.87. The maximum Gasteiger partial charge on any atom is 0.267 e. The number of carbonyl (C=O) groups is 3. The molecule has 0 radical (unpaired) electrons. The lowest BCUT2D eigenvalue weighted by Crippen LogP contribution is -2.42. The Morgan fingerprint density at radius 2 is 2.08 bits per heavy atom. The number of hydrogen-bond donors (Lipinski definition) is 1. The van der Waals surface area contributed by atoms with Crippen LogP contribution in [0, 0.1) is 0 Å². The molecule has 1 aromatic carbocycles. The topological polar surface area (TPSA) is 84.9 Å². The summed E-state index contributed by atoms with van der Waals surface area (Å²) in [4.78, 5) is 37.7. The van der Waals surface area contributed by atoms with Crippen molar-refractivity contribution < 1.29 is 23.9 Å². The van der Waals surface area contributed by atoms with Crippen molar-refractivity contribution in [1.82, 2.24) is 5.32 Å². The number of amides is 2. The van der Waals surface area contributed by atoms with Crippen LogP contribution in [0.15, 0.2) is 18.2 Å². The maximum atomic E-state index is 12.4. The smallest absolute Gasteiger partial charge is 0.267 e. The monoisotopic (exact) mass is 362 g/mol. The molecule has 1 aliphatic rings. The minimum absolute atomic E-state index is 0.116. The maximum absolute atomic E-state index is 12.4. The van der Waals surface area contributed by atoms with E-state index in [0.29, 0.717) is 36.8 Å². The molecule has 0 aromatic heterocycles. The van der Waals surface area contributed by atoms with E-state index in [9.17, 15) is 14.4 Å². The molecule has 7 heteroatoms. The zero-order chi connectivity index (χ0) is 19.1. The Bertz CT molecular complexity index is 674. The predicted molar refractivity (Wildman–Crippen MR) is 97.6 cm³/mol. The van der Waals surface area contributed by atoms with Crippen LogP contribution >= 0.6 is 0 Å².